The minimum atomic E-state index is -3.09. The van der Waals surface area contributed by atoms with Gasteiger partial charge in [-0.2, -0.15) is 0 Å². The Labute approximate surface area is 95.1 Å². The third kappa shape index (κ3) is 2.19. The lowest BCUT2D eigenvalue weighted by molar-refractivity contribution is -0.858. The first-order valence-electron chi connectivity index (χ1n) is 4.45. The molecule has 1 aromatic rings. The number of nitrogens with zero attached hydrogens (tertiary/aromatic N) is 2. The van der Waals surface area contributed by atoms with Crippen molar-refractivity contribution in [2.75, 3.05) is 0 Å². The Morgan fingerprint density at radius 1 is 1.18 bits per heavy atom. The molecule has 0 heterocycles. The summed E-state index contributed by atoms with van der Waals surface area (Å²) in [5.41, 5.74) is -0.329. The largest absolute Gasteiger partial charge is 0.651 e. The summed E-state index contributed by atoms with van der Waals surface area (Å²) in [6.07, 6.45) is 0. The molecule has 0 saturated heterocycles. The van der Waals surface area contributed by atoms with Crippen LogP contribution in [0.25, 0.3) is 0 Å². The molecule has 1 rings (SSSR count). The molecule has 0 unspecified atom stereocenters. The van der Waals surface area contributed by atoms with Gasteiger partial charge in [0.25, 0.3) is 0 Å². The third-order valence-corrected chi connectivity index (χ3v) is 1.93. The van der Waals surface area contributed by atoms with E-state index < -0.39 is 21.7 Å². The molecule has 17 heavy (non-hydrogen) atoms. The summed E-state index contributed by atoms with van der Waals surface area (Å²) in [6, 6.07) is 6.58. The molecular weight excluding hydrogens is 232 g/mol. The summed E-state index contributed by atoms with van der Waals surface area (Å²) >= 11 is 0. The predicted molar refractivity (Wildman–Crippen MR) is 53.9 cm³/mol. The molecule has 0 saturated carbocycles. The average Bonchev–Trinajstić information content (AvgIpc) is 2.25. The fourth-order valence-electron chi connectivity index (χ4n) is 1.27. The van der Waals surface area contributed by atoms with Gasteiger partial charge in [0.2, 0.25) is 0 Å². The van der Waals surface area contributed by atoms with E-state index in [0.717, 1.165) is 19.1 Å². The molecule has 0 amide bonds. The summed E-state index contributed by atoms with van der Waals surface area (Å²) in [5.74, 6) is -4.20. The van der Waals surface area contributed by atoms with Crippen molar-refractivity contribution in [1.82, 2.24) is 0 Å². The van der Waals surface area contributed by atoms with Crippen molar-refractivity contribution in [1.29, 1.82) is 0 Å². The number of esters is 1. The summed E-state index contributed by atoms with van der Waals surface area (Å²) in [4.78, 5) is 30.1. The van der Waals surface area contributed by atoms with Gasteiger partial charge in [-0.05, 0) is 12.1 Å². The summed E-state index contributed by atoms with van der Waals surface area (Å²) in [6.45, 7) is 0.866. The van der Waals surface area contributed by atoms with Crippen molar-refractivity contribution in [3.8, 4) is 0 Å². The maximum Gasteiger partial charge on any atom is 0.651 e. The second-order valence-electron chi connectivity index (χ2n) is 3.08. The Morgan fingerprint density at radius 3 is 2.00 bits per heavy atom. The molecule has 0 bridgehead atoms. The Bertz CT molecular complexity index is 444. The zero-order valence-electron chi connectivity index (χ0n) is 8.73. The third-order valence-electron chi connectivity index (χ3n) is 1.93. The highest BCUT2D eigenvalue weighted by atomic mass is 16.8. The van der Waals surface area contributed by atoms with Gasteiger partial charge in [0.1, 0.15) is 9.85 Å². The molecule has 0 radical (unpaired) electrons. The predicted octanol–water partition coefficient (Wildman–Crippen LogP) is 0.913. The summed E-state index contributed by atoms with van der Waals surface area (Å²) in [5, 5.41) is 21.8. The number of hydrogen-bond acceptors (Lipinski definition) is 6. The topological polar surface area (TPSA) is 113 Å². The number of ether oxygens (including phenoxy) is 1. The smallest absolute Gasteiger partial charge is 0.334 e. The van der Waals surface area contributed by atoms with Crippen molar-refractivity contribution >= 4 is 5.97 Å². The second kappa shape index (κ2) is 4.56. The van der Waals surface area contributed by atoms with Crippen molar-refractivity contribution in [2.24, 2.45) is 0 Å². The SMILES string of the molecule is CC(=O)OC(c1ccccc1)([N+](=O)[O-])[N+](=O)[O-]. The highest BCUT2D eigenvalue weighted by molar-refractivity contribution is 5.66. The number of rotatable bonds is 4. The number of carbonyl (C=O) groups is 1. The fraction of sp³-hybridized carbons (Fsp3) is 0.222. The lowest BCUT2D eigenvalue weighted by atomic mass is 10.1. The number of nitro groups is 2. The van der Waals surface area contributed by atoms with E-state index in [9.17, 15) is 25.0 Å². The normalized spacial score (nSPS) is 10.6. The van der Waals surface area contributed by atoms with Crippen molar-refractivity contribution in [3.63, 3.8) is 0 Å². The van der Waals surface area contributed by atoms with Crippen LogP contribution in [0.3, 0.4) is 0 Å². The van der Waals surface area contributed by atoms with E-state index >= 15 is 0 Å². The van der Waals surface area contributed by atoms with E-state index in [4.69, 9.17) is 0 Å². The zero-order chi connectivity index (χ0) is 13.1. The molecule has 90 valence electrons. The van der Waals surface area contributed by atoms with Gasteiger partial charge >= 0.3 is 11.8 Å². The van der Waals surface area contributed by atoms with Crippen LogP contribution in [-0.4, -0.2) is 15.8 Å². The van der Waals surface area contributed by atoms with E-state index in [1.165, 1.54) is 18.2 Å². The van der Waals surface area contributed by atoms with Crippen molar-refractivity contribution in [2.45, 2.75) is 12.8 Å². The number of carbonyl (C=O) groups excluding carboxylic acids is 1. The lowest BCUT2D eigenvalue weighted by Crippen LogP contribution is -2.46. The first-order chi connectivity index (χ1) is 7.91. The van der Waals surface area contributed by atoms with Gasteiger partial charge in [0, 0.05) is 6.92 Å². The summed E-state index contributed by atoms with van der Waals surface area (Å²) in [7, 11) is 0. The van der Waals surface area contributed by atoms with Crippen LogP contribution in [0.15, 0.2) is 30.3 Å². The van der Waals surface area contributed by atoms with E-state index in [1.54, 1.807) is 0 Å². The molecule has 0 fully saturated rings. The van der Waals surface area contributed by atoms with E-state index in [2.05, 4.69) is 4.74 Å². The van der Waals surface area contributed by atoms with Crippen LogP contribution in [0.4, 0.5) is 0 Å². The van der Waals surface area contributed by atoms with Gasteiger partial charge in [0.05, 0.1) is 0 Å². The van der Waals surface area contributed by atoms with Crippen molar-refractivity contribution < 1.29 is 19.4 Å². The van der Waals surface area contributed by atoms with Gasteiger partial charge in [-0.3, -0.25) is 25.0 Å². The van der Waals surface area contributed by atoms with E-state index in [0.29, 0.717) is 0 Å². The Hall–Kier alpha value is -2.51. The lowest BCUT2D eigenvalue weighted by Gasteiger charge is -2.15. The Balaban J connectivity index is 3.40. The monoisotopic (exact) mass is 240 g/mol. The molecule has 0 N–H and O–H groups in total. The van der Waals surface area contributed by atoms with Gasteiger partial charge in [-0.25, -0.2) is 0 Å². The molecule has 1 aromatic carbocycles. The van der Waals surface area contributed by atoms with Crippen LogP contribution in [0.5, 0.6) is 0 Å². The van der Waals surface area contributed by atoms with Gasteiger partial charge < -0.3 is 4.74 Å². The summed E-state index contributed by atoms with van der Waals surface area (Å²) < 4.78 is 4.31. The standard InChI is InChI=1S/C9H8N2O6/c1-7(12)17-9(10(13)14,11(15)16)8-5-3-2-4-6-8/h2-6H,1H3. The molecule has 0 aliphatic rings. The first-order valence-corrected chi connectivity index (χ1v) is 4.45. The van der Waals surface area contributed by atoms with Gasteiger partial charge in [-0.1, -0.05) is 18.2 Å². The maximum absolute atomic E-state index is 10.9. The molecule has 0 atom stereocenters. The molecule has 0 aliphatic carbocycles. The fourth-order valence-corrected chi connectivity index (χ4v) is 1.27. The molecule has 8 heteroatoms. The average molecular weight is 240 g/mol. The zero-order valence-corrected chi connectivity index (χ0v) is 8.73. The van der Waals surface area contributed by atoms with E-state index in [-0.39, 0.29) is 5.56 Å². The van der Waals surface area contributed by atoms with Crippen LogP contribution in [0, 0.1) is 20.2 Å². The first kappa shape index (κ1) is 12.6. The molecule has 0 aromatic heterocycles. The second-order valence-corrected chi connectivity index (χ2v) is 3.08. The maximum atomic E-state index is 10.9. The van der Waals surface area contributed by atoms with Crippen molar-refractivity contribution in [3.05, 3.63) is 56.1 Å². The van der Waals surface area contributed by atoms with Crippen LogP contribution in [0.1, 0.15) is 12.5 Å². The Kier molecular flexibility index (Phi) is 3.37. The minimum Gasteiger partial charge on any atom is -0.334 e. The Morgan fingerprint density at radius 2 is 1.65 bits per heavy atom. The quantitative estimate of drug-likeness (QED) is 0.334. The van der Waals surface area contributed by atoms with E-state index in [1.807, 2.05) is 0 Å². The highest BCUT2D eigenvalue weighted by Crippen LogP contribution is 2.27. The van der Waals surface area contributed by atoms with Crippen LogP contribution in [0.2, 0.25) is 0 Å². The molecular formula is C9H8N2O6. The van der Waals surface area contributed by atoms with Crippen LogP contribution in [-0.2, 0) is 15.4 Å². The van der Waals surface area contributed by atoms with Gasteiger partial charge in [-0.15, -0.1) is 0 Å². The molecule has 0 aliphatic heterocycles. The highest BCUT2D eigenvalue weighted by Gasteiger charge is 2.63. The number of hydrogen-bond donors (Lipinski definition) is 0. The van der Waals surface area contributed by atoms with Crippen LogP contribution < -0.4 is 0 Å². The number of benzene rings is 1. The minimum absolute atomic E-state index is 0.329. The van der Waals surface area contributed by atoms with Crippen LogP contribution >= 0.6 is 0 Å². The molecule has 0 spiro atoms. The van der Waals surface area contributed by atoms with Gasteiger partial charge in [0.15, 0.2) is 5.56 Å². The molecule has 8 nitrogen and oxygen atoms in total.